The van der Waals surface area contributed by atoms with Crippen LogP contribution in [0.4, 0.5) is 5.69 Å². The molecule has 1 aromatic heterocycles. The molecule has 0 spiro atoms. The van der Waals surface area contributed by atoms with Crippen LogP contribution in [0.1, 0.15) is 17.3 Å². The number of nitrogen functional groups attached to an aromatic ring is 1. The normalized spacial score (nSPS) is 10.7. The molecule has 0 bridgehead atoms. The molecule has 1 heterocycles. The van der Waals surface area contributed by atoms with Gasteiger partial charge in [0.15, 0.2) is 5.78 Å². The van der Waals surface area contributed by atoms with Crippen LogP contribution in [0.15, 0.2) is 79.0 Å². The lowest BCUT2D eigenvalue weighted by Crippen LogP contribution is -1.95. The van der Waals surface area contributed by atoms with E-state index in [2.05, 4.69) is 10.3 Å². The van der Waals surface area contributed by atoms with Crippen molar-refractivity contribution in [3.8, 4) is 28.1 Å². The van der Waals surface area contributed by atoms with E-state index in [-0.39, 0.29) is 5.78 Å². The van der Waals surface area contributed by atoms with E-state index in [0.29, 0.717) is 11.3 Å². The second-order valence-electron chi connectivity index (χ2n) is 6.36. The van der Waals surface area contributed by atoms with Crippen molar-refractivity contribution >= 4 is 11.5 Å². The molecule has 0 aliphatic rings. The molecule has 27 heavy (non-hydrogen) atoms. The fourth-order valence-electron chi connectivity index (χ4n) is 2.95. The number of hydrogen-bond donors (Lipinski definition) is 1. The van der Waals surface area contributed by atoms with Gasteiger partial charge in [-0.15, -0.1) is 5.10 Å². The molecule has 5 nitrogen and oxygen atoms in total. The van der Waals surface area contributed by atoms with E-state index < -0.39 is 0 Å². The van der Waals surface area contributed by atoms with E-state index in [9.17, 15) is 4.79 Å². The van der Waals surface area contributed by atoms with Gasteiger partial charge in [-0.05, 0) is 42.3 Å². The molecule has 0 saturated carbocycles. The lowest BCUT2D eigenvalue weighted by Gasteiger charge is -2.06. The first kappa shape index (κ1) is 16.7. The zero-order valence-corrected chi connectivity index (χ0v) is 14.8. The second-order valence-corrected chi connectivity index (χ2v) is 6.36. The number of carbonyl (C=O) groups is 1. The van der Waals surface area contributed by atoms with Gasteiger partial charge in [0.1, 0.15) is 5.69 Å². The Morgan fingerprint density at radius 3 is 2.37 bits per heavy atom. The zero-order chi connectivity index (χ0) is 18.8. The number of rotatable bonds is 4. The summed E-state index contributed by atoms with van der Waals surface area (Å²) in [5, 5.41) is 8.50. The van der Waals surface area contributed by atoms with Crippen molar-refractivity contribution in [2.24, 2.45) is 0 Å². The number of anilines is 1. The number of benzene rings is 3. The van der Waals surface area contributed by atoms with Gasteiger partial charge in [0.25, 0.3) is 0 Å². The van der Waals surface area contributed by atoms with Gasteiger partial charge in [-0.2, -0.15) is 0 Å². The van der Waals surface area contributed by atoms with Crippen LogP contribution < -0.4 is 5.73 Å². The first-order chi connectivity index (χ1) is 13.1. The summed E-state index contributed by atoms with van der Waals surface area (Å²) >= 11 is 0. The molecule has 0 unspecified atom stereocenters. The number of nitrogens with two attached hydrogens (primary N) is 1. The summed E-state index contributed by atoms with van der Waals surface area (Å²) < 4.78 is 1.74. The number of aromatic nitrogens is 3. The number of carbonyl (C=O) groups excluding carboxylic acids is 1. The summed E-state index contributed by atoms with van der Waals surface area (Å²) in [7, 11) is 0. The lowest BCUT2D eigenvalue weighted by atomic mass is 10.0. The van der Waals surface area contributed by atoms with Crippen LogP contribution in [0.25, 0.3) is 28.1 Å². The average molecular weight is 354 g/mol. The molecule has 3 aromatic carbocycles. The summed E-state index contributed by atoms with van der Waals surface area (Å²) in [5.41, 5.74) is 11.9. The molecule has 0 saturated heterocycles. The Kier molecular flexibility index (Phi) is 4.26. The Balaban J connectivity index is 1.66. The van der Waals surface area contributed by atoms with Gasteiger partial charge in [-0.3, -0.25) is 4.79 Å². The Morgan fingerprint density at radius 2 is 1.63 bits per heavy atom. The molecule has 4 aromatic rings. The Morgan fingerprint density at radius 1 is 0.889 bits per heavy atom. The van der Waals surface area contributed by atoms with Crippen LogP contribution >= 0.6 is 0 Å². The maximum atomic E-state index is 11.4. The van der Waals surface area contributed by atoms with E-state index in [1.165, 1.54) is 0 Å². The minimum atomic E-state index is 0.0620. The van der Waals surface area contributed by atoms with Gasteiger partial charge >= 0.3 is 0 Å². The molecule has 5 heteroatoms. The third-order valence-corrected chi connectivity index (χ3v) is 4.41. The summed E-state index contributed by atoms with van der Waals surface area (Å²) in [6.07, 6.45) is 1.88. The number of hydrogen-bond acceptors (Lipinski definition) is 4. The molecular formula is C22H18N4O. The summed E-state index contributed by atoms with van der Waals surface area (Å²) in [6, 6.07) is 23.2. The standard InChI is InChI=1S/C22H18N4O/c1-15(27)16-8-10-17(11-9-16)18-4-3-7-21(13-18)26-14-22(24-25-26)19-5-2-6-20(23)12-19/h2-14H,23H2,1H3. The molecule has 0 aliphatic carbocycles. The average Bonchev–Trinajstić information content (AvgIpc) is 3.18. The SMILES string of the molecule is CC(=O)c1ccc(-c2cccc(-n3cc(-c4cccc(N)c4)nn3)c2)cc1. The third-order valence-electron chi connectivity index (χ3n) is 4.41. The van der Waals surface area contributed by atoms with E-state index in [0.717, 1.165) is 28.1 Å². The summed E-state index contributed by atoms with van der Waals surface area (Å²) in [5.74, 6) is 0.0620. The molecule has 0 amide bonds. The molecule has 0 aliphatic heterocycles. The van der Waals surface area contributed by atoms with Crippen LogP contribution in [-0.2, 0) is 0 Å². The van der Waals surface area contributed by atoms with Gasteiger partial charge in [0, 0.05) is 16.8 Å². The third kappa shape index (κ3) is 3.48. The van der Waals surface area contributed by atoms with Gasteiger partial charge < -0.3 is 5.73 Å². The van der Waals surface area contributed by atoms with Crippen molar-refractivity contribution in [2.75, 3.05) is 5.73 Å². The smallest absolute Gasteiger partial charge is 0.159 e. The van der Waals surface area contributed by atoms with Crippen molar-refractivity contribution < 1.29 is 4.79 Å². The highest BCUT2D eigenvalue weighted by atomic mass is 16.1. The van der Waals surface area contributed by atoms with E-state index in [1.807, 2.05) is 79.0 Å². The van der Waals surface area contributed by atoms with Crippen molar-refractivity contribution in [1.82, 2.24) is 15.0 Å². The van der Waals surface area contributed by atoms with Crippen LogP contribution in [0.3, 0.4) is 0 Å². The predicted molar refractivity (Wildman–Crippen MR) is 107 cm³/mol. The van der Waals surface area contributed by atoms with E-state index in [4.69, 9.17) is 5.73 Å². The molecule has 0 atom stereocenters. The van der Waals surface area contributed by atoms with Crippen LogP contribution in [0.2, 0.25) is 0 Å². The van der Waals surface area contributed by atoms with E-state index in [1.54, 1.807) is 11.6 Å². The molecule has 4 rings (SSSR count). The van der Waals surface area contributed by atoms with Gasteiger partial charge in [-0.1, -0.05) is 53.7 Å². The molecule has 132 valence electrons. The highest BCUT2D eigenvalue weighted by molar-refractivity contribution is 5.94. The monoisotopic (exact) mass is 354 g/mol. The van der Waals surface area contributed by atoms with Crippen molar-refractivity contribution in [2.45, 2.75) is 6.92 Å². The van der Waals surface area contributed by atoms with Crippen LogP contribution in [0, 0.1) is 0 Å². The van der Waals surface area contributed by atoms with Gasteiger partial charge in [-0.25, -0.2) is 4.68 Å². The summed E-state index contributed by atoms with van der Waals surface area (Å²) in [6.45, 7) is 1.57. The maximum absolute atomic E-state index is 11.4. The number of nitrogens with zero attached hydrogens (tertiary/aromatic N) is 3. The lowest BCUT2D eigenvalue weighted by molar-refractivity contribution is 0.101. The van der Waals surface area contributed by atoms with Crippen LogP contribution in [-0.4, -0.2) is 20.8 Å². The minimum Gasteiger partial charge on any atom is -0.399 e. The maximum Gasteiger partial charge on any atom is 0.159 e. The first-order valence-corrected chi connectivity index (χ1v) is 8.60. The zero-order valence-electron chi connectivity index (χ0n) is 14.8. The van der Waals surface area contributed by atoms with Crippen LogP contribution in [0.5, 0.6) is 0 Å². The van der Waals surface area contributed by atoms with Crippen molar-refractivity contribution in [3.63, 3.8) is 0 Å². The predicted octanol–water partition coefficient (Wildman–Crippen LogP) is 4.39. The second kappa shape index (κ2) is 6.88. The number of Topliss-reactive ketones (excluding diaryl/α,β-unsaturated/α-hetero) is 1. The molecule has 2 N–H and O–H groups in total. The van der Waals surface area contributed by atoms with Crippen molar-refractivity contribution in [1.29, 1.82) is 0 Å². The first-order valence-electron chi connectivity index (χ1n) is 8.60. The molecular weight excluding hydrogens is 336 g/mol. The quantitative estimate of drug-likeness (QED) is 0.436. The van der Waals surface area contributed by atoms with Gasteiger partial charge in [0.2, 0.25) is 0 Å². The van der Waals surface area contributed by atoms with E-state index >= 15 is 0 Å². The van der Waals surface area contributed by atoms with Gasteiger partial charge in [0.05, 0.1) is 11.9 Å². The highest BCUT2D eigenvalue weighted by Gasteiger charge is 2.07. The topological polar surface area (TPSA) is 73.8 Å². The Hall–Kier alpha value is -3.73. The fraction of sp³-hybridized carbons (Fsp3) is 0.0455. The highest BCUT2D eigenvalue weighted by Crippen LogP contribution is 2.24. The molecule has 0 fully saturated rings. The minimum absolute atomic E-state index is 0.0620. The Labute approximate surface area is 157 Å². The fourth-order valence-corrected chi connectivity index (χ4v) is 2.95. The molecule has 0 radical (unpaired) electrons. The number of ketones is 1. The van der Waals surface area contributed by atoms with Crippen molar-refractivity contribution in [3.05, 3.63) is 84.6 Å². The largest absolute Gasteiger partial charge is 0.399 e. The summed E-state index contributed by atoms with van der Waals surface area (Å²) in [4.78, 5) is 11.4. The Bertz CT molecular complexity index is 1110.